The van der Waals surface area contributed by atoms with E-state index in [2.05, 4.69) is 0 Å². The van der Waals surface area contributed by atoms with Gasteiger partial charge in [0.1, 0.15) is 5.75 Å². The molecule has 0 aliphatic heterocycles. The number of carbonyl (C=O) groups is 4. The van der Waals surface area contributed by atoms with Crippen molar-refractivity contribution in [2.75, 3.05) is 0 Å². The number of esters is 2. The minimum Gasteiger partial charge on any atom is -0.422 e. The van der Waals surface area contributed by atoms with Gasteiger partial charge < -0.3 is 9.47 Å². The van der Waals surface area contributed by atoms with E-state index in [1.54, 1.807) is 60.7 Å². The van der Waals surface area contributed by atoms with Crippen LogP contribution >= 0.6 is 11.6 Å². The highest BCUT2D eigenvalue weighted by Gasteiger charge is 2.36. The Kier molecular flexibility index (Phi) is 5.94. The van der Waals surface area contributed by atoms with E-state index in [1.165, 1.54) is 19.9 Å². The molecular formula is C26H17ClO6. The average Bonchev–Trinajstić information content (AvgIpc) is 2.83. The average molecular weight is 461 g/mol. The first kappa shape index (κ1) is 22.2. The lowest BCUT2D eigenvalue weighted by atomic mass is 9.84. The van der Waals surface area contributed by atoms with E-state index in [9.17, 15) is 19.2 Å². The summed E-state index contributed by atoms with van der Waals surface area (Å²) in [5.74, 6) is -2.99. The van der Waals surface area contributed by atoms with Crippen LogP contribution in [0.15, 0.2) is 77.9 Å². The maximum absolute atomic E-state index is 13.2. The van der Waals surface area contributed by atoms with Crippen molar-refractivity contribution in [2.24, 2.45) is 0 Å². The number of carbonyl (C=O) groups excluding carboxylic acids is 4. The molecule has 0 radical (unpaired) electrons. The molecule has 0 bridgehead atoms. The molecular weight excluding hydrogens is 444 g/mol. The molecule has 0 unspecified atom stereocenters. The number of allylic oxidation sites excluding steroid dienone is 2. The van der Waals surface area contributed by atoms with Crippen molar-refractivity contribution in [1.29, 1.82) is 0 Å². The zero-order valence-electron chi connectivity index (χ0n) is 17.7. The highest BCUT2D eigenvalue weighted by molar-refractivity contribution is 6.36. The molecule has 4 rings (SSSR count). The molecule has 0 atom stereocenters. The lowest BCUT2D eigenvalue weighted by Gasteiger charge is -2.22. The number of Topliss-reactive ketones (excluding diaryl/α,β-unsaturated/α-hetero) is 2. The van der Waals surface area contributed by atoms with Gasteiger partial charge in [-0.05, 0) is 38.1 Å². The second-order valence-corrected chi connectivity index (χ2v) is 7.76. The molecule has 0 spiro atoms. The van der Waals surface area contributed by atoms with Crippen molar-refractivity contribution < 1.29 is 28.7 Å². The van der Waals surface area contributed by atoms with Crippen LogP contribution < -0.4 is 9.47 Å². The summed E-state index contributed by atoms with van der Waals surface area (Å²) in [6.45, 7) is 3.00. The van der Waals surface area contributed by atoms with Crippen LogP contribution in [0.5, 0.6) is 11.5 Å². The fraction of sp³-hybridized carbons (Fsp3) is 0.0769. The fourth-order valence-electron chi connectivity index (χ4n) is 3.41. The van der Waals surface area contributed by atoms with E-state index in [0.717, 1.165) is 0 Å². The van der Waals surface area contributed by atoms with Crippen LogP contribution in [-0.4, -0.2) is 23.5 Å². The Morgan fingerprint density at radius 3 is 1.67 bits per heavy atom. The first-order valence-corrected chi connectivity index (χ1v) is 10.3. The van der Waals surface area contributed by atoms with Gasteiger partial charge in [0.2, 0.25) is 0 Å². The zero-order valence-corrected chi connectivity index (χ0v) is 18.4. The largest absolute Gasteiger partial charge is 0.422 e. The Hall–Kier alpha value is -4.03. The Labute approximate surface area is 194 Å². The molecule has 0 N–H and O–H groups in total. The van der Waals surface area contributed by atoms with Crippen molar-refractivity contribution in [1.82, 2.24) is 0 Å². The van der Waals surface area contributed by atoms with Gasteiger partial charge >= 0.3 is 11.9 Å². The molecule has 33 heavy (non-hydrogen) atoms. The van der Waals surface area contributed by atoms with E-state index in [0.29, 0.717) is 0 Å². The van der Waals surface area contributed by atoms with Gasteiger partial charge in [-0.3, -0.25) is 9.59 Å². The molecule has 1 aliphatic carbocycles. The number of ketones is 2. The molecule has 164 valence electrons. The number of benzene rings is 3. The maximum Gasteiger partial charge on any atom is 0.343 e. The maximum atomic E-state index is 13.2. The molecule has 0 saturated carbocycles. The van der Waals surface area contributed by atoms with Crippen LogP contribution in [0, 0.1) is 0 Å². The highest BCUT2D eigenvalue weighted by Crippen LogP contribution is 2.43. The molecule has 0 heterocycles. The summed E-state index contributed by atoms with van der Waals surface area (Å²) in [6.07, 6.45) is 0. The predicted molar refractivity (Wildman–Crippen MR) is 121 cm³/mol. The summed E-state index contributed by atoms with van der Waals surface area (Å²) in [6, 6.07) is 17.5. The molecule has 0 fully saturated rings. The Bertz CT molecular complexity index is 1340. The number of fused-ring (bicyclic) bond motifs is 1. The number of hydrogen-bond acceptors (Lipinski definition) is 6. The van der Waals surface area contributed by atoms with Gasteiger partial charge in [-0.1, -0.05) is 48.0 Å². The monoisotopic (exact) mass is 460 g/mol. The van der Waals surface area contributed by atoms with Crippen LogP contribution in [0.3, 0.4) is 0 Å². The van der Waals surface area contributed by atoms with Gasteiger partial charge in [0.15, 0.2) is 17.3 Å². The van der Waals surface area contributed by atoms with Gasteiger partial charge in [-0.25, -0.2) is 9.59 Å². The SMILES string of the molecule is CC1=C(C)C(=O)c2c(OC(=O)c3ccccc3)c(Cl)cc(OC(=O)c3ccccc3)c2C1=O. The third-order valence-corrected chi connectivity index (χ3v) is 5.59. The molecule has 3 aromatic carbocycles. The number of halogens is 1. The van der Waals surface area contributed by atoms with Gasteiger partial charge in [0, 0.05) is 17.2 Å². The van der Waals surface area contributed by atoms with Crippen molar-refractivity contribution in [3.8, 4) is 11.5 Å². The topological polar surface area (TPSA) is 86.7 Å². The van der Waals surface area contributed by atoms with Crippen molar-refractivity contribution >= 4 is 35.1 Å². The normalized spacial score (nSPS) is 12.9. The Morgan fingerprint density at radius 1 is 0.697 bits per heavy atom. The van der Waals surface area contributed by atoms with E-state index in [-0.39, 0.29) is 49.9 Å². The minimum absolute atomic E-state index is 0.151. The van der Waals surface area contributed by atoms with Gasteiger partial charge in [-0.15, -0.1) is 0 Å². The third-order valence-electron chi connectivity index (χ3n) is 5.31. The molecule has 1 aliphatic rings. The first-order chi connectivity index (χ1) is 15.8. The minimum atomic E-state index is -0.752. The zero-order chi connectivity index (χ0) is 23.7. The lowest BCUT2D eigenvalue weighted by Crippen LogP contribution is -2.24. The van der Waals surface area contributed by atoms with Crippen LogP contribution in [0.1, 0.15) is 55.3 Å². The van der Waals surface area contributed by atoms with Crippen molar-refractivity contribution in [3.05, 3.63) is 105 Å². The molecule has 6 nitrogen and oxygen atoms in total. The second kappa shape index (κ2) is 8.84. The van der Waals surface area contributed by atoms with E-state index >= 15 is 0 Å². The number of ether oxygens (including phenoxy) is 2. The summed E-state index contributed by atoms with van der Waals surface area (Å²) < 4.78 is 10.9. The predicted octanol–water partition coefficient (Wildman–Crippen LogP) is 5.49. The van der Waals surface area contributed by atoms with Crippen LogP contribution in [0.4, 0.5) is 0 Å². The smallest absolute Gasteiger partial charge is 0.343 e. The molecule has 0 aromatic heterocycles. The Morgan fingerprint density at radius 2 is 1.15 bits per heavy atom. The molecule has 0 saturated heterocycles. The molecule has 0 amide bonds. The summed E-state index contributed by atoms with van der Waals surface area (Å²) >= 11 is 6.38. The number of rotatable bonds is 4. The van der Waals surface area contributed by atoms with Crippen LogP contribution in [0.2, 0.25) is 5.02 Å². The summed E-state index contributed by atoms with van der Waals surface area (Å²) in [5, 5.41) is -0.151. The third kappa shape index (κ3) is 4.08. The fourth-order valence-corrected chi connectivity index (χ4v) is 3.64. The molecule has 7 heteroatoms. The summed E-state index contributed by atoms with van der Waals surface area (Å²) in [5.41, 5.74) is 0.488. The van der Waals surface area contributed by atoms with Gasteiger partial charge in [0.05, 0.1) is 27.3 Å². The quantitative estimate of drug-likeness (QED) is 0.377. The second-order valence-electron chi connectivity index (χ2n) is 7.35. The van der Waals surface area contributed by atoms with Crippen molar-refractivity contribution in [3.63, 3.8) is 0 Å². The first-order valence-electron chi connectivity index (χ1n) is 9.97. The van der Waals surface area contributed by atoms with Gasteiger partial charge in [0.25, 0.3) is 0 Å². The van der Waals surface area contributed by atoms with Gasteiger partial charge in [-0.2, -0.15) is 0 Å². The van der Waals surface area contributed by atoms with E-state index in [1.807, 2.05) is 0 Å². The lowest BCUT2D eigenvalue weighted by molar-refractivity contribution is 0.0713. The van der Waals surface area contributed by atoms with Crippen LogP contribution in [-0.2, 0) is 0 Å². The van der Waals surface area contributed by atoms with E-state index in [4.69, 9.17) is 21.1 Å². The Balaban J connectivity index is 1.84. The van der Waals surface area contributed by atoms with E-state index < -0.39 is 23.5 Å². The molecule has 3 aromatic rings. The highest BCUT2D eigenvalue weighted by atomic mass is 35.5. The number of hydrogen-bond donors (Lipinski definition) is 0. The standard InChI is InChI=1S/C26H17ClO6/c1-14-15(2)23(29)21-20(22(14)28)19(32-25(30)16-9-5-3-6-10-16)13-18(27)24(21)33-26(31)17-11-7-4-8-12-17/h3-13H,1-2H3. The van der Waals surface area contributed by atoms with Crippen molar-refractivity contribution in [2.45, 2.75) is 13.8 Å². The summed E-state index contributed by atoms with van der Waals surface area (Å²) in [4.78, 5) is 51.6. The summed E-state index contributed by atoms with van der Waals surface area (Å²) in [7, 11) is 0. The van der Waals surface area contributed by atoms with Crippen LogP contribution in [0.25, 0.3) is 0 Å².